The molecule has 3 nitrogen and oxygen atoms in total. The Hall–Kier alpha value is -1.16. The fourth-order valence-electron chi connectivity index (χ4n) is 3.63. The van der Waals surface area contributed by atoms with Crippen LogP contribution >= 0.6 is 11.3 Å². The summed E-state index contributed by atoms with van der Waals surface area (Å²) in [5, 5.41) is 4.96. The van der Waals surface area contributed by atoms with Gasteiger partial charge in [-0.15, -0.1) is 11.3 Å². The van der Waals surface area contributed by atoms with Crippen molar-refractivity contribution in [2.24, 2.45) is 11.8 Å². The second-order valence-electron chi connectivity index (χ2n) is 5.77. The molecule has 2 fully saturated rings. The van der Waals surface area contributed by atoms with E-state index in [2.05, 4.69) is 5.32 Å². The van der Waals surface area contributed by atoms with Gasteiger partial charge < -0.3 is 5.32 Å². The maximum absolute atomic E-state index is 12.2. The molecule has 3 rings (SSSR count). The van der Waals surface area contributed by atoms with Crippen molar-refractivity contribution in [1.29, 1.82) is 0 Å². The molecular formula is C15H19NO2S. The molecule has 2 aliphatic rings. The zero-order valence-corrected chi connectivity index (χ0v) is 12.0. The quantitative estimate of drug-likeness (QED) is 0.862. The van der Waals surface area contributed by atoms with Gasteiger partial charge >= 0.3 is 0 Å². The molecule has 0 spiro atoms. The molecule has 2 aliphatic carbocycles. The summed E-state index contributed by atoms with van der Waals surface area (Å²) in [6.45, 7) is 1.54. The predicted octanol–water partition coefficient (Wildman–Crippen LogP) is 3.26. The highest BCUT2D eigenvalue weighted by atomic mass is 32.1. The van der Waals surface area contributed by atoms with E-state index in [-0.39, 0.29) is 11.7 Å². The number of thiophene rings is 1. The van der Waals surface area contributed by atoms with Crippen molar-refractivity contribution < 1.29 is 9.59 Å². The molecule has 1 amide bonds. The van der Waals surface area contributed by atoms with Gasteiger partial charge in [0.1, 0.15) is 0 Å². The van der Waals surface area contributed by atoms with E-state index in [0.717, 1.165) is 12.3 Å². The van der Waals surface area contributed by atoms with E-state index in [9.17, 15) is 9.59 Å². The third-order valence-corrected chi connectivity index (χ3v) is 5.64. The van der Waals surface area contributed by atoms with Gasteiger partial charge in [0.05, 0.1) is 10.4 Å². The van der Waals surface area contributed by atoms with Crippen molar-refractivity contribution in [2.75, 3.05) is 0 Å². The molecule has 3 atom stereocenters. The normalized spacial score (nSPS) is 29.2. The van der Waals surface area contributed by atoms with Gasteiger partial charge in [-0.2, -0.15) is 0 Å². The Labute approximate surface area is 117 Å². The lowest BCUT2D eigenvalue weighted by molar-refractivity contribution is 0.0927. The van der Waals surface area contributed by atoms with E-state index in [1.807, 2.05) is 0 Å². The number of Topliss-reactive ketones (excluding diaryl/α,β-unsaturated/α-hetero) is 1. The van der Waals surface area contributed by atoms with Crippen molar-refractivity contribution in [3.05, 3.63) is 21.9 Å². The minimum Gasteiger partial charge on any atom is -0.349 e. The summed E-state index contributed by atoms with van der Waals surface area (Å²) in [5.74, 6) is 1.54. The van der Waals surface area contributed by atoms with Crippen LogP contribution in [-0.2, 0) is 0 Å². The Morgan fingerprint density at radius 3 is 2.84 bits per heavy atom. The Kier molecular flexibility index (Phi) is 3.44. The van der Waals surface area contributed by atoms with E-state index in [4.69, 9.17) is 0 Å². The third-order valence-electron chi connectivity index (χ3n) is 4.61. The average molecular weight is 277 g/mol. The summed E-state index contributed by atoms with van der Waals surface area (Å²) in [7, 11) is 0. The van der Waals surface area contributed by atoms with E-state index in [1.54, 1.807) is 11.4 Å². The first-order valence-electron chi connectivity index (χ1n) is 7.05. The molecule has 1 N–H and O–H groups in total. The molecule has 1 heterocycles. The average Bonchev–Trinajstić information content (AvgIpc) is 3.05. The topological polar surface area (TPSA) is 46.2 Å². The maximum Gasteiger partial charge on any atom is 0.252 e. The molecule has 0 saturated heterocycles. The van der Waals surface area contributed by atoms with Gasteiger partial charge in [0.2, 0.25) is 0 Å². The second kappa shape index (κ2) is 5.08. The van der Waals surface area contributed by atoms with Gasteiger partial charge in [0, 0.05) is 11.4 Å². The standard InChI is InChI=1S/C15H19NO2S/c1-9(17)14-7-11(8-19-14)15(18)16-13-6-5-10-3-2-4-12(10)13/h7-8,10,12-13H,2-6H2,1H3,(H,16,18)/t10-,12-,13-/m0/s1. The lowest BCUT2D eigenvalue weighted by atomic mass is 9.97. The molecule has 0 bridgehead atoms. The Bertz CT molecular complexity index is 508. The highest BCUT2D eigenvalue weighted by molar-refractivity contribution is 7.12. The first-order chi connectivity index (χ1) is 9.15. The molecule has 0 radical (unpaired) electrons. The molecule has 4 heteroatoms. The monoisotopic (exact) mass is 277 g/mol. The predicted molar refractivity (Wildman–Crippen MR) is 75.6 cm³/mol. The van der Waals surface area contributed by atoms with Crippen molar-refractivity contribution in [3.63, 3.8) is 0 Å². The van der Waals surface area contributed by atoms with Crippen LogP contribution in [0.25, 0.3) is 0 Å². The molecule has 0 unspecified atom stereocenters. The van der Waals surface area contributed by atoms with Crippen molar-refractivity contribution in [1.82, 2.24) is 5.32 Å². The van der Waals surface area contributed by atoms with Gasteiger partial charge in [-0.3, -0.25) is 9.59 Å². The molecule has 1 aromatic rings. The van der Waals surface area contributed by atoms with Gasteiger partial charge in [-0.05, 0) is 44.1 Å². The number of hydrogen-bond acceptors (Lipinski definition) is 3. The summed E-state index contributed by atoms with van der Waals surface area (Å²) in [4.78, 5) is 24.1. The third kappa shape index (κ3) is 2.46. The van der Waals surface area contributed by atoms with Gasteiger partial charge in [0.15, 0.2) is 5.78 Å². The van der Waals surface area contributed by atoms with E-state index in [1.165, 1.54) is 43.9 Å². The number of rotatable bonds is 3. The molecule has 0 aromatic carbocycles. The van der Waals surface area contributed by atoms with Crippen molar-refractivity contribution in [2.45, 2.75) is 45.1 Å². The van der Waals surface area contributed by atoms with E-state index < -0.39 is 0 Å². The lowest BCUT2D eigenvalue weighted by Gasteiger charge is -2.19. The van der Waals surface area contributed by atoms with Gasteiger partial charge in [0.25, 0.3) is 5.91 Å². The molecular weight excluding hydrogens is 258 g/mol. The SMILES string of the molecule is CC(=O)c1cc(C(=O)N[C@H]2CC[C@@H]3CCC[C@@H]32)cs1. The summed E-state index contributed by atoms with van der Waals surface area (Å²) in [6.07, 6.45) is 6.29. The number of carbonyl (C=O) groups excluding carboxylic acids is 2. The number of hydrogen-bond donors (Lipinski definition) is 1. The minimum atomic E-state index is -0.0127. The van der Waals surface area contributed by atoms with Crippen LogP contribution in [0, 0.1) is 11.8 Å². The Balaban J connectivity index is 1.66. The van der Waals surface area contributed by atoms with Crippen LogP contribution in [0.4, 0.5) is 0 Å². The second-order valence-corrected chi connectivity index (χ2v) is 6.68. The summed E-state index contributed by atoms with van der Waals surface area (Å²) < 4.78 is 0. The highest BCUT2D eigenvalue weighted by Gasteiger charge is 2.39. The highest BCUT2D eigenvalue weighted by Crippen LogP contribution is 2.44. The van der Waals surface area contributed by atoms with E-state index >= 15 is 0 Å². The fourth-order valence-corrected chi connectivity index (χ4v) is 4.42. The summed E-state index contributed by atoms with van der Waals surface area (Å²) in [5.41, 5.74) is 0.636. The Morgan fingerprint density at radius 2 is 2.11 bits per heavy atom. The van der Waals surface area contributed by atoms with Gasteiger partial charge in [-0.1, -0.05) is 12.8 Å². The summed E-state index contributed by atoms with van der Waals surface area (Å²) >= 11 is 1.35. The zero-order chi connectivity index (χ0) is 13.4. The number of ketones is 1. The van der Waals surface area contributed by atoms with Crippen molar-refractivity contribution in [3.8, 4) is 0 Å². The van der Waals surface area contributed by atoms with Crippen molar-refractivity contribution >= 4 is 23.0 Å². The van der Waals surface area contributed by atoms with Crippen LogP contribution in [0.2, 0.25) is 0 Å². The zero-order valence-electron chi connectivity index (χ0n) is 11.1. The minimum absolute atomic E-state index is 0.0127. The van der Waals surface area contributed by atoms with Crippen LogP contribution in [0.5, 0.6) is 0 Å². The van der Waals surface area contributed by atoms with Crippen LogP contribution < -0.4 is 5.32 Å². The number of amides is 1. The van der Waals surface area contributed by atoms with Crippen LogP contribution in [-0.4, -0.2) is 17.7 Å². The first-order valence-corrected chi connectivity index (χ1v) is 7.93. The molecule has 0 aliphatic heterocycles. The lowest BCUT2D eigenvalue weighted by Crippen LogP contribution is -2.37. The fraction of sp³-hybridized carbons (Fsp3) is 0.600. The molecule has 102 valence electrons. The largest absolute Gasteiger partial charge is 0.349 e. The number of carbonyl (C=O) groups is 2. The summed E-state index contributed by atoms with van der Waals surface area (Å²) in [6, 6.07) is 2.06. The first kappa shape index (κ1) is 12.9. The number of nitrogens with one attached hydrogen (secondary N) is 1. The van der Waals surface area contributed by atoms with E-state index in [0.29, 0.717) is 22.4 Å². The maximum atomic E-state index is 12.2. The van der Waals surface area contributed by atoms with Crippen LogP contribution in [0.3, 0.4) is 0 Å². The van der Waals surface area contributed by atoms with Crippen LogP contribution in [0.15, 0.2) is 11.4 Å². The van der Waals surface area contributed by atoms with Gasteiger partial charge in [-0.25, -0.2) is 0 Å². The molecule has 19 heavy (non-hydrogen) atoms. The number of fused-ring (bicyclic) bond motifs is 1. The van der Waals surface area contributed by atoms with Crippen LogP contribution in [0.1, 0.15) is 59.1 Å². The smallest absolute Gasteiger partial charge is 0.252 e. The molecule has 1 aromatic heterocycles. The molecule has 2 saturated carbocycles. The Morgan fingerprint density at radius 1 is 1.26 bits per heavy atom.